The summed E-state index contributed by atoms with van der Waals surface area (Å²) in [5, 5.41) is 14.1. The zero-order valence-corrected chi connectivity index (χ0v) is 29.4. The number of hydrogen-bond acceptors (Lipinski definition) is 6. The molecule has 0 bridgehead atoms. The Morgan fingerprint density at radius 2 is 1.62 bits per heavy atom. The summed E-state index contributed by atoms with van der Waals surface area (Å²) in [6, 6.07) is 40.9. The van der Waals surface area contributed by atoms with Gasteiger partial charge < -0.3 is 4.98 Å². The largest absolute Gasteiger partial charge is 0.305 e. The summed E-state index contributed by atoms with van der Waals surface area (Å²) in [6.45, 7) is 0. The second-order valence-corrected chi connectivity index (χ2v) is 22.1. The van der Waals surface area contributed by atoms with Crippen LogP contribution in [-0.4, -0.2) is 43.2 Å². The fourth-order valence-corrected chi connectivity index (χ4v) is 7.62. The number of fused-ring (bicyclic) bond motifs is 4. The average molecular weight is 825 g/mol. The molecule has 0 spiro atoms. The van der Waals surface area contributed by atoms with Gasteiger partial charge in [-0.05, 0) is 11.8 Å². The molecule has 0 unspecified atom stereocenters. The Balaban J connectivity index is 0.000000231. The first-order chi connectivity index (χ1) is 21.5. The van der Waals surface area contributed by atoms with E-state index in [4.69, 9.17) is 9.40 Å². The smallest absolute Gasteiger partial charge is 0.0160 e. The first kappa shape index (κ1) is 30.5. The van der Waals surface area contributed by atoms with E-state index in [2.05, 4.69) is 74.1 Å². The zero-order valence-electron chi connectivity index (χ0n) is 24.9. The van der Waals surface area contributed by atoms with Gasteiger partial charge in [0.15, 0.2) is 0 Å². The van der Waals surface area contributed by atoms with E-state index in [1.165, 1.54) is 4.40 Å². The van der Waals surface area contributed by atoms with Crippen LogP contribution in [0.1, 0.15) is 0 Å². The van der Waals surface area contributed by atoms with E-state index in [1.807, 2.05) is 83.4 Å². The molecule has 8 aromatic rings. The molecule has 8 rings (SSSR count). The normalized spacial score (nSPS) is 11.3. The minimum absolute atomic E-state index is 0. The maximum Gasteiger partial charge on any atom is 0.0160 e. The molecule has 0 saturated carbocycles. The molecule has 0 aliphatic rings. The fraction of sp³-hybridized carbons (Fsp3) is 0.0833. The molecule has 0 saturated heterocycles. The number of aromatic nitrogens is 6. The summed E-state index contributed by atoms with van der Waals surface area (Å²) < 4.78 is 9.90. The summed E-state index contributed by atoms with van der Waals surface area (Å²) in [4.78, 5) is 9.02. The predicted octanol–water partition coefficient (Wildman–Crippen LogP) is 7.67. The molecule has 4 aromatic heterocycles. The van der Waals surface area contributed by atoms with E-state index in [-0.39, 0.29) is 20.1 Å². The van der Waals surface area contributed by atoms with Gasteiger partial charge in [-0.3, -0.25) is 0 Å². The number of hydrogen-bond donors (Lipinski definition) is 0. The van der Waals surface area contributed by atoms with Crippen LogP contribution in [0.15, 0.2) is 120 Å². The van der Waals surface area contributed by atoms with Crippen LogP contribution in [0.2, 0.25) is 17.3 Å². The Morgan fingerprint density at radius 1 is 0.800 bits per heavy atom. The van der Waals surface area contributed by atoms with Gasteiger partial charge in [0.1, 0.15) is 0 Å². The Bertz CT molecular complexity index is 2170. The van der Waals surface area contributed by atoms with Gasteiger partial charge in [-0.25, -0.2) is 0 Å². The van der Waals surface area contributed by atoms with Gasteiger partial charge in [0, 0.05) is 26.3 Å². The van der Waals surface area contributed by atoms with Crippen molar-refractivity contribution >= 4 is 50.8 Å². The number of imidazole rings is 1. The summed E-state index contributed by atoms with van der Waals surface area (Å²) >= 11 is -1.98. The molecule has 4 heterocycles. The maximum atomic E-state index is 6.45. The van der Waals surface area contributed by atoms with Gasteiger partial charge in [0.05, 0.1) is 0 Å². The topological polar surface area (TPSA) is 82.5 Å². The average Bonchev–Trinajstić information content (AvgIpc) is 3.64. The van der Waals surface area contributed by atoms with E-state index in [9.17, 15) is 0 Å². The molecule has 4 aromatic carbocycles. The quantitative estimate of drug-likeness (QED) is 0.134. The molecule has 45 heavy (non-hydrogen) atoms. The van der Waals surface area contributed by atoms with Crippen LogP contribution in [-0.2, 0) is 20.1 Å². The van der Waals surface area contributed by atoms with Crippen LogP contribution >= 0.6 is 0 Å². The molecule has 0 amide bonds. The van der Waals surface area contributed by atoms with Gasteiger partial charge in [-0.2, -0.15) is 0 Å². The Hall–Kier alpha value is -4.50. The number of nitrogens with zero attached hydrogens (tertiary/aromatic N) is 6. The molecular weight excluding hydrogens is 797 g/mol. The Kier molecular flexibility index (Phi) is 8.72. The molecule has 9 heteroatoms. The number of furan rings is 1. The van der Waals surface area contributed by atoms with E-state index in [0.29, 0.717) is 11.5 Å². The molecule has 0 atom stereocenters. The zero-order chi connectivity index (χ0) is 30.1. The molecule has 0 aliphatic heterocycles. The van der Waals surface area contributed by atoms with Crippen molar-refractivity contribution < 1.29 is 24.5 Å². The van der Waals surface area contributed by atoms with Crippen molar-refractivity contribution in [1.82, 2.24) is 29.9 Å². The van der Waals surface area contributed by atoms with Gasteiger partial charge >= 0.3 is 187 Å². The van der Waals surface area contributed by atoms with Crippen LogP contribution in [0.4, 0.5) is 0 Å². The number of pyridine rings is 1. The monoisotopic (exact) mass is 827 g/mol. The van der Waals surface area contributed by atoms with E-state index < -0.39 is 13.3 Å². The standard InChI is InChI=1S/C25H20GeN5O.C11H8N.Ir/c1-26(2,3)16-12-13-18-19-10-7-11-20(23(19)32-22(18)14-16)25-28-24-21(15-27-30-29-24)31(25)17-8-5-4-6-9-17;1-2-6-10(7-3-1)11-8-4-5-9-12-11;/h4-10,12-15H,1-3H3;1-6,8-9H;/q2*-1;. The van der Waals surface area contributed by atoms with Crippen LogP contribution in [0.3, 0.4) is 0 Å². The van der Waals surface area contributed by atoms with Crippen molar-refractivity contribution in [3.8, 4) is 28.3 Å². The summed E-state index contributed by atoms with van der Waals surface area (Å²) in [5.74, 6) is 7.87. The third kappa shape index (κ3) is 6.09. The molecule has 7 nitrogen and oxygen atoms in total. The van der Waals surface area contributed by atoms with Crippen molar-refractivity contribution in [2.75, 3.05) is 0 Å². The van der Waals surface area contributed by atoms with Crippen molar-refractivity contribution in [3.63, 3.8) is 0 Å². The molecule has 1 radical (unpaired) electrons. The minimum Gasteiger partial charge on any atom is -0.305 e. The minimum atomic E-state index is -1.98. The summed E-state index contributed by atoms with van der Waals surface area (Å²) in [7, 11) is 0. The van der Waals surface area contributed by atoms with Gasteiger partial charge in [-0.15, -0.1) is 35.9 Å². The van der Waals surface area contributed by atoms with Crippen LogP contribution in [0, 0.1) is 12.1 Å². The first-order valence-corrected chi connectivity index (χ1v) is 21.7. The van der Waals surface area contributed by atoms with Crippen molar-refractivity contribution in [3.05, 3.63) is 128 Å². The fourth-order valence-electron chi connectivity index (χ4n) is 5.21. The third-order valence-corrected chi connectivity index (χ3v) is 11.7. The number of rotatable bonds is 4. The predicted molar refractivity (Wildman–Crippen MR) is 177 cm³/mol. The number of benzene rings is 4. The Morgan fingerprint density at radius 3 is 2.38 bits per heavy atom. The van der Waals surface area contributed by atoms with Gasteiger partial charge in [0.25, 0.3) is 0 Å². The Labute approximate surface area is 277 Å². The summed E-state index contributed by atoms with van der Waals surface area (Å²) in [6.07, 6.45) is 3.47. The third-order valence-electron chi connectivity index (χ3n) is 7.45. The van der Waals surface area contributed by atoms with Crippen molar-refractivity contribution in [2.24, 2.45) is 0 Å². The van der Waals surface area contributed by atoms with Gasteiger partial charge in [-0.1, -0.05) is 12.1 Å². The van der Waals surface area contributed by atoms with E-state index >= 15 is 0 Å². The van der Waals surface area contributed by atoms with Crippen molar-refractivity contribution in [2.45, 2.75) is 17.3 Å². The second-order valence-electron chi connectivity index (χ2n) is 11.4. The van der Waals surface area contributed by atoms with E-state index in [1.54, 1.807) is 12.4 Å². The van der Waals surface area contributed by atoms with Crippen LogP contribution < -0.4 is 4.40 Å². The van der Waals surface area contributed by atoms with Gasteiger partial charge in [0.2, 0.25) is 0 Å². The number of para-hydroxylation sites is 1. The van der Waals surface area contributed by atoms with Crippen LogP contribution in [0.25, 0.3) is 61.4 Å². The second kappa shape index (κ2) is 12.9. The first-order valence-electron chi connectivity index (χ1n) is 14.4. The maximum absolute atomic E-state index is 6.45. The van der Waals surface area contributed by atoms with E-state index in [0.717, 1.165) is 50.0 Å². The molecule has 0 aliphatic carbocycles. The van der Waals surface area contributed by atoms with Crippen LogP contribution in [0.5, 0.6) is 0 Å². The molecular formula is C36H28GeIrN6O-2. The molecule has 0 N–H and O–H groups in total. The summed E-state index contributed by atoms with van der Waals surface area (Å²) in [5.41, 5.74) is 6.76. The SMILES string of the molecule is [CH3][Ge]([CH3])([CH3])[c]1ccc2c(c1)oc1c(-c3nc4nnncc4n3-c3ccccc3)[c-]ccc12.[Ir].[c-]1ccccc1-c1ccccn1. The molecule has 0 fully saturated rings. The van der Waals surface area contributed by atoms with Crippen molar-refractivity contribution in [1.29, 1.82) is 0 Å². The molecule has 223 valence electrons.